The van der Waals surface area contributed by atoms with E-state index in [9.17, 15) is 13.2 Å². The van der Waals surface area contributed by atoms with Crippen LogP contribution in [0.5, 0.6) is 0 Å². The molecule has 0 saturated carbocycles. The lowest BCUT2D eigenvalue weighted by molar-refractivity contribution is 0.270. The van der Waals surface area contributed by atoms with Gasteiger partial charge in [0.1, 0.15) is 0 Å². The van der Waals surface area contributed by atoms with Crippen molar-refractivity contribution in [3.8, 4) is 0 Å². The summed E-state index contributed by atoms with van der Waals surface area (Å²) in [6, 6.07) is 4.82. The summed E-state index contributed by atoms with van der Waals surface area (Å²) in [5.74, 6) is 0.207. The second kappa shape index (κ2) is 4.10. The Balaban J connectivity index is 2.43. The highest BCUT2D eigenvalue weighted by atomic mass is 32.2. The van der Waals surface area contributed by atoms with E-state index in [1.54, 1.807) is 18.2 Å². The van der Waals surface area contributed by atoms with Gasteiger partial charge in [-0.15, -0.1) is 0 Å². The summed E-state index contributed by atoms with van der Waals surface area (Å²) in [6.07, 6.45) is 1.36. The van der Waals surface area contributed by atoms with Gasteiger partial charge >= 0.3 is 0 Å². The van der Waals surface area contributed by atoms with Crippen molar-refractivity contribution in [2.45, 2.75) is 17.7 Å². The van der Waals surface area contributed by atoms with Crippen molar-refractivity contribution in [1.82, 2.24) is 0 Å². The molecule has 0 aromatic heterocycles. The van der Waals surface area contributed by atoms with Crippen LogP contribution in [0.1, 0.15) is 12.0 Å². The summed E-state index contributed by atoms with van der Waals surface area (Å²) < 4.78 is 23.4. The maximum absolute atomic E-state index is 11.7. The molecule has 1 aromatic carbocycles. The normalized spacial score (nSPS) is 17.6. The van der Waals surface area contributed by atoms with Crippen molar-refractivity contribution >= 4 is 33.4 Å². The molecule has 0 fully saturated rings. The average molecular weight is 257 g/mol. The lowest BCUT2D eigenvalue weighted by Crippen LogP contribution is -2.16. The van der Waals surface area contributed by atoms with Crippen molar-refractivity contribution in [2.75, 3.05) is 11.1 Å². The van der Waals surface area contributed by atoms with Crippen LogP contribution in [0.25, 0.3) is 0 Å². The number of fused-ring (bicyclic) bond motifs is 1. The number of carbonyl (C=O) groups is 1. The van der Waals surface area contributed by atoms with Crippen LogP contribution in [0.2, 0.25) is 0 Å². The zero-order valence-corrected chi connectivity index (χ0v) is 10.1. The van der Waals surface area contributed by atoms with Gasteiger partial charge in [0.2, 0.25) is 0 Å². The monoisotopic (exact) mass is 257 g/mol. The van der Waals surface area contributed by atoms with Crippen molar-refractivity contribution in [3.63, 3.8) is 0 Å². The van der Waals surface area contributed by atoms with E-state index in [1.165, 1.54) is 0 Å². The van der Waals surface area contributed by atoms with Crippen molar-refractivity contribution < 1.29 is 13.2 Å². The van der Waals surface area contributed by atoms with E-state index in [0.29, 0.717) is 17.0 Å². The summed E-state index contributed by atoms with van der Waals surface area (Å²) in [4.78, 5) is 11.1. The van der Waals surface area contributed by atoms with Gasteiger partial charge in [-0.3, -0.25) is 4.79 Å². The van der Waals surface area contributed by atoms with Crippen LogP contribution in [-0.2, 0) is 16.3 Å². The van der Waals surface area contributed by atoms with Crippen LogP contribution in [0.3, 0.4) is 0 Å². The summed E-state index contributed by atoms with van der Waals surface area (Å²) in [6.45, 7) is 0. The first-order chi connectivity index (χ1) is 7.49. The lowest BCUT2D eigenvalue weighted by atomic mass is 10.1. The summed E-state index contributed by atoms with van der Waals surface area (Å²) in [5, 5.41) is 2.05. The highest BCUT2D eigenvalue weighted by Gasteiger charge is 2.23. The minimum Gasteiger partial charge on any atom is -0.317 e. The number of sulfone groups is 1. The molecule has 1 amide bonds. The molecule has 0 radical (unpaired) electrons. The molecule has 0 aliphatic carbocycles. The number of hydrogen-bond donors (Lipinski definition) is 2. The van der Waals surface area contributed by atoms with Gasteiger partial charge in [-0.25, -0.2) is 8.42 Å². The number of aryl methyl sites for hydroxylation is 1. The standard InChI is InChI=1S/C10H11NO3S2/c12-10(15)11-8-3-4-9-7(6-8)2-1-5-16(9,13)14/h3-4,6H,1-2,5H2,(H2,11,12,15). The Hall–Kier alpha value is -1.01. The van der Waals surface area contributed by atoms with Crippen LogP contribution in [0.15, 0.2) is 23.1 Å². The van der Waals surface area contributed by atoms with Crippen molar-refractivity contribution in [3.05, 3.63) is 23.8 Å². The Kier molecular flexibility index (Phi) is 2.94. The third-order valence-electron chi connectivity index (χ3n) is 2.51. The largest absolute Gasteiger partial charge is 0.317 e. The van der Waals surface area contributed by atoms with Gasteiger partial charge in [0.25, 0.3) is 5.24 Å². The number of carbonyl (C=O) groups excluding carboxylic acids is 1. The zero-order chi connectivity index (χ0) is 11.8. The van der Waals surface area contributed by atoms with Gasteiger partial charge in [-0.05, 0) is 36.6 Å². The number of rotatable bonds is 1. The molecule has 1 aliphatic heterocycles. The van der Waals surface area contributed by atoms with Crippen LogP contribution >= 0.6 is 12.6 Å². The van der Waals surface area contributed by atoms with Crippen molar-refractivity contribution in [1.29, 1.82) is 0 Å². The number of hydrogen-bond acceptors (Lipinski definition) is 3. The predicted octanol–water partition coefficient (Wildman–Crippen LogP) is 1.87. The fourth-order valence-electron chi connectivity index (χ4n) is 1.84. The molecule has 0 saturated heterocycles. The molecule has 0 bridgehead atoms. The second-order valence-corrected chi connectivity index (χ2v) is 6.16. The van der Waals surface area contributed by atoms with E-state index in [0.717, 1.165) is 12.0 Å². The molecule has 1 N–H and O–H groups in total. The Morgan fingerprint density at radius 2 is 2.12 bits per heavy atom. The minimum atomic E-state index is -3.12. The van der Waals surface area contributed by atoms with Gasteiger partial charge in [0, 0.05) is 5.69 Å². The first-order valence-corrected chi connectivity index (χ1v) is 6.94. The molecule has 16 heavy (non-hydrogen) atoms. The highest BCUT2D eigenvalue weighted by Crippen LogP contribution is 2.27. The molecule has 1 aromatic rings. The van der Waals surface area contributed by atoms with E-state index >= 15 is 0 Å². The molecule has 4 nitrogen and oxygen atoms in total. The fraction of sp³-hybridized carbons (Fsp3) is 0.300. The summed E-state index contributed by atoms with van der Waals surface area (Å²) >= 11 is 3.60. The number of nitrogens with one attached hydrogen (secondary N) is 1. The molecule has 0 spiro atoms. The van der Waals surface area contributed by atoms with E-state index in [-0.39, 0.29) is 5.75 Å². The molecule has 2 rings (SSSR count). The predicted molar refractivity (Wildman–Crippen MR) is 64.8 cm³/mol. The Labute approximate surface area is 99.4 Å². The molecule has 0 atom stereocenters. The number of amides is 1. The van der Waals surface area contributed by atoms with Crippen LogP contribution in [0, 0.1) is 0 Å². The van der Waals surface area contributed by atoms with Crippen molar-refractivity contribution in [2.24, 2.45) is 0 Å². The third kappa shape index (κ3) is 2.22. The molecule has 1 aliphatic rings. The number of benzene rings is 1. The van der Waals surface area contributed by atoms with Crippen LogP contribution < -0.4 is 5.32 Å². The smallest absolute Gasteiger partial charge is 0.280 e. The average Bonchev–Trinajstić information content (AvgIpc) is 2.15. The lowest BCUT2D eigenvalue weighted by Gasteiger charge is -2.16. The van der Waals surface area contributed by atoms with Gasteiger partial charge in [0.05, 0.1) is 10.6 Å². The molecule has 1 heterocycles. The number of anilines is 1. The molecular weight excluding hydrogens is 246 g/mol. The second-order valence-electron chi connectivity index (χ2n) is 3.68. The molecule has 6 heteroatoms. The Morgan fingerprint density at radius 3 is 2.81 bits per heavy atom. The van der Waals surface area contributed by atoms with E-state index in [4.69, 9.17) is 0 Å². The van der Waals surface area contributed by atoms with Gasteiger partial charge < -0.3 is 5.32 Å². The minimum absolute atomic E-state index is 0.207. The fourth-order valence-corrected chi connectivity index (χ4v) is 3.55. The third-order valence-corrected chi connectivity index (χ3v) is 4.51. The quantitative estimate of drug-likeness (QED) is 0.755. The summed E-state index contributed by atoms with van der Waals surface area (Å²) in [5.41, 5.74) is 1.35. The van der Waals surface area contributed by atoms with E-state index in [1.807, 2.05) is 0 Å². The van der Waals surface area contributed by atoms with Gasteiger partial charge in [-0.2, -0.15) is 0 Å². The maximum atomic E-state index is 11.7. The van der Waals surface area contributed by atoms with Crippen LogP contribution in [-0.4, -0.2) is 19.4 Å². The molecular formula is C10H11NO3S2. The highest BCUT2D eigenvalue weighted by molar-refractivity contribution is 7.96. The zero-order valence-electron chi connectivity index (χ0n) is 8.43. The summed E-state index contributed by atoms with van der Waals surface area (Å²) in [7, 11) is -3.12. The number of thiol groups is 1. The first-order valence-electron chi connectivity index (χ1n) is 4.85. The van der Waals surface area contributed by atoms with Crippen LogP contribution in [0.4, 0.5) is 10.5 Å². The van der Waals surface area contributed by atoms with Gasteiger partial charge in [-0.1, -0.05) is 12.6 Å². The Morgan fingerprint density at radius 1 is 1.38 bits per heavy atom. The molecule has 86 valence electrons. The van der Waals surface area contributed by atoms with E-state index in [2.05, 4.69) is 17.9 Å². The maximum Gasteiger partial charge on any atom is 0.280 e. The van der Waals surface area contributed by atoms with E-state index < -0.39 is 15.1 Å². The van der Waals surface area contributed by atoms with Gasteiger partial charge in [0.15, 0.2) is 9.84 Å². The molecule has 0 unspecified atom stereocenters. The topological polar surface area (TPSA) is 63.2 Å². The Bertz CT molecular complexity index is 537. The first kappa shape index (κ1) is 11.5. The SMILES string of the molecule is O=C(S)Nc1ccc2c(c1)CCCS2(=O)=O.